The lowest BCUT2D eigenvalue weighted by molar-refractivity contribution is 0.102. The molecule has 0 saturated carbocycles. The molecule has 0 spiro atoms. The Morgan fingerprint density at radius 1 is 1.29 bits per heavy atom. The van der Waals surface area contributed by atoms with Crippen molar-refractivity contribution in [3.63, 3.8) is 0 Å². The van der Waals surface area contributed by atoms with Gasteiger partial charge >= 0.3 is 0 Å². The van der Waals surface area contributed by atoms with Crippen LogP contribution in [0.5, 0.6) is 0 Å². The third-order valence-electron chi connectivity index (χ3n) is 3.02. The molecule has 1 amide bonds. The van der Waals surface area contributed by atoms with Crippen LogP contribution in [0.1, 0.15) is 15.9 Å². The summed E-state index contributed by atoms with van der Waals surface area (Å²) in [5.41, 5.74) is -0.133. The predicted molar refractivity (Wildman–Crippen MR) is 84.9 cm³/mol. The monoisotopic (exact) mass is 343 g/mol. The zero-order chi connectivity index (χ0) is 17.9. The average molecular weight is 343 g/mol. The summed E-state index contributed by atoms with van der Waals surface area (Å²) in [7, 11) is -3.71. The van der Waals surface area contributed by atoms with E-state index < -0.39 is 21.6 Å². The molecule has 0 aromatic heterocycles. The summed E-state index contributed by atoms with van der Waals surface area (Å²) in [6.07, 6.45) is 0.935. The molecular formula is C16H10FN3O3S. The van der Waals surface area contributed by atoms with Gasteiger partial charge in [-0.1, -0.05) is 0 Å². The lowest BCUT2D eigenvalue weighted by Gasteiger charge is -2.10. The Balaban J connectivity index is 2.49. The van der Waals surface area contributed by atoms with Crippen LogP contribution < -0.4 is 5.32 Å². The number of nitrogens with zero attached hydrogens (tertiary/aromatic N) is 2. The van der Waals surface area contributed by atoms with E-state index in [2.05, 4.69) is 10.2 Å². The molecule has 0 saturated heterocycles. The number of hydrogen-bond donors (Lipinski definition) is 1. The van der Waals surface area contributed by atoms with Crippen LogP contribution in [-0.2, 0) is 9.84 Å². The molecule has 6 nitrogen and oxygen atoms in total. The van der Waals surface area contributed by atoms with E-state index in [1.165, 1.54) is 18.2 Å². The summed E-state index contributed by atoms with van der Waals surface area (Å²) in [5.74, 6) is -1.54. The zero-order valence-corrected chi connectivity index (χ0v) is 13.2. The lowest BCUT2D eigenvalue weighted by Crippen LogP contribution is -2.16. The van der Waals surface area contributed by atoms with Gasteiger partial charge in [0, 0.05) is 11.9 Å². The first kappa shape index (κ1) is 17.1. The van der Waals surface area contributed by atoms with Crippen LogP contribution in [-0.4, -0.2) is 20.6 Å². The van der Waals surface area contributed by atoms with Gasteiger partial charge in [0.1, 0.15) is 5.82 Å². The van der Waals surface area contributed by atoms with Gasteiger partial charge in [-0.3, -0.25) is 4.79 Å². The van der Waals surface area contributed by atoms with Crippen LogP contribution in [0.3, 0.4) is 0 Å². The van der Waals surface area contributed by atoms with Crippen molar-refractivity contribution in [2.75, 3.05) is 11.6 Å². The largest absolute Gasteiger partial charge is 0.323 e. The first-order chi connectivity index (χ1) is 11.2. The Morgan fingerprint density at radius 3 is 2.58 bits per heavy atom. The molecule has 0 bridgehead atoms. The minimum Gasteiger partial charge on any atom is -0.323 e. The van der Waals surface area contributed by atoms with E-state index in [9.17, 15) is 17.6 Å². The average Bonchev–Trinajstić information content (AvgIpc) is 2.52. The summed E-state index contributed by atoms with van der Waals surface area (Å²) in [6.45, 7) is 6.88. The predicted octanol–water partition coefficient (Wildman–Crippen LogP) is 2.90. The van der Waals surface area contributed by atoms with Crippen molar-refractivity contribution in [1.82, 2.24) is 0 Å². The number of hydrogen-bond acceptors (Lipinski definition) is 4. The van der Waals surface area contributed by atoms with Crippen molar-refractivity contribution in [2.45, 2.75) is 4.90 Å². The number of rotatable bonds is 3. The van der Waals surface area contributed by atoms with Crippen molar-refractivity contribution in [2.24, 2.45) is 0 Å². The Bertz CT molecular complexity index is 1020. The van der Waals surface area contributed by atoms with Crippen molar-refractivity contribution in [1.29, 1.82) is 5.26 Å². The molecule has 0 aliphatic carbocycles. The number of amides is 1. The highest BCUT2D eigenvalue weighted by Gasteiger charge is 2.20. The molecule has 2 rings (SSSR count). The first-order valence-corrected chi connectivity index (χ1v) is 8.37. The van der Waals surface area contributed by atoms with Crippen molar-refractivity contribution in [3.8, 4) is 6.07 Å². The quantitative estimate of drug-likeness (QED) is 0.868. The Kier molecular flexibility index (Phi) is 4.63. The second kappa shape index (κ2) is 6.49. The second-order valence-electron chi connectivity index (χ2n) is 4.86. The fourth-order valence-electron chi connectivity index (χ4n) is 2.01. The van der Waals surface area contributed by atoms with E-state index >= 15 is 0 Å². The number of carbonyl (C=O) groups is 1. The van der Waals surface area contributed by atoms with E-state index in [1.54, 1.807) is 0 Å². The Hall–Kier alpha value is -3.23. The number of carbonyl (C=O) groups excluding carboxylic acids is 1. The summed E-state index contributed by atoms with van der Waals surface area (Å²) in [6, 6.07) is 8.66. The number of anilines is 1. The Morgan fingerprint density at radius 2 is 2.00 bits per heavy atom. The fraction of sp³-hybridized carbons (Fsp3) is 0.0625. The summed E-state index contributed by atoms with van der Waals surface area (Å²) < 4.78 is 37.0. The van der Waals surface area contributed by atoms with Crippen molar-refractivity contribution in [3.05, 3.63) is 64.8 Å². The van der Waals surface area contributed by atoms with E-state index in [4.69, 9.17) is 11.8 Å². The molecule has 0 unspecified atom stereocenters. The molecule has 0 atom stereocenters. The number of nitriles is 1. The lowest BCUT2D eigenvalue weighted by atomic mass is 10.1. The van der Waals surface area contributed by atoms with Crippen molar-refractivity contribution < 1.29 is 17.6 Å². The van der Waals surface area contributed by atoms with Gasteiger partial charge in [-0.2, -0.15) is 5.26 Å². The fourth-order valence-corrected chi connectivity index (χ4v) is 2.88. The molecule has 2 aromatic rings. The van der Waals surface area contributed by atoms with Crippen LogP contribution in [0.2, 0.25) is 0 Å². The number of sulfone groups is 1. The van der Waals surface area contributed by atoms with Gasteiger partial charge in [0.25, 0.3) is 5.91 Å². The summed E-state index contributed by atoms with van der Waals surface area (Å²) in [4.78, 5) is 15.2. The zero-order valence-electron chi connectivity index (χ0n) is 12.4. The molecule has 0 heterocycles. The summed E-state index contributed by atoms with van der Waals surface area (Å²) >= 11 is 0. The van der Waals surface area contributed by atoms with Crippen LogP contribution in [0.15, 0.2) is 41.3 Å². The van der Waals surface area contributed by atoms with Gasteiger partial charge in [0.2, 0.25) is 0 Å². The topological polar surface area (TPSA) is 91.4 Å². The second-order valence-corrected chi connectivity index (χ2v) is 6.84. The SMILES string of the molecule is [C-]#[N+]c1cc(F)cc(NC(=O)c2cc(C#N)ccc2S(C)(=O)=O)c1. The maximum atomic E-state index is 13.4. The van der Waals surface area contributed by atoms with E-state index in [1.807, 2.05) is 6.07 Å². The highest BCUT2D eigenvalue weighted by atomic mass is 32.2. The number of benzene rings is 2. The van der Waals surface area contributed by atoms with Crippen LogP contribution >= 0.6 is 0 Å². The molecule has 0 radical (unpaired) electrons. The molecule has 120 valence electrons. The van der Waals surface area contributed by atoms with Gasteiger partial charge in [-0.05, 0) is 36.4 Å². The van der Waals surface area contributed by atoms with Crippen LogP contribution in [0.4, 0.5) is 15.8 Å². The third kappa shape index (κ3) is 3.75. The smallest absolute Gasteiger partial charge is 0.256 e. The molecular weight excluding hydrogens is 333 g/mol. The van der Waals surface area contributed by atoms with E-state index in [0.29, 0.717) is 0 Å². The highest BCUT2D eigenvalue weighted by Crippen LogP contribution is 2.23. The summed E-state index contributed by atoms with van der Waals surface area (Å²) in [5, 5.41) is 11.3. The van der Waals surface area contributed by atoms with E-state index in [-0.39, 0.29) is 27.4 Å². The van der Waals surface area contributed by atoms with Gasteiger partial charge < -0.3 is 5.32 Å². The van der Waals surface area contributed by atoms with Crippen molar-refractivity contribution >= 4 is 27.1 Å². The normalized spacial score (nSPS) is 10.5. The maximum absolute atomic E-state index is 13.4. The minimum absolute atomic E-state index is 0.00723. The molecule has 0 aliphatic heterocycles. The minimum atomic E-state index is -3.71. The standard InChI is InChI=1S/C16H10FN3O3S/c1-19-12-6-11(17)7-13(8-12)20-16(21)14-5-10(9-18)3-4-15(14)24(2,22)23/h3-8H,2H3,(H,20,21). The van der Waals surface area contributed by atoms with Crippen LogP contribution in [0, 0.1) is 23.7 Å². The number of halogens is 1. The molecule has 0 aliphatic rings. The molecule has 0 fully saturated rings. The molecule has 8 heteroatoms. The highest BCUT2D eigenvalue weighted by molar-refractivity contribution is 7.90. The number of nitrogens with one attached hydrogen (secondary N) is 1. The van der Waals surface area contributed by atoms with Gasteiger partial charge in [0.05, 0.1) is 28.7 Å². The van der Waals surface area contributed by atoms with Crippen LogP contribution in [0.25, 0.3) is 4.85 Å². The van der Waals surface area contributed by atoms with E-state index in [0.717, 1.165) is 24.5 Å². The molecule has 1 N–H and O–H groups in total. The molecule has 2 aromatic carbocycles. The molecule has 24 heavy (non-hydrogen) atoms. The third-order valence-corrected chi connectivity index (χ3v) is 4.18. The maximum Gasteiger partial charge on any atom is 0.256 e. The Labute approximate surface area is 137 Å². The van der Waals surface area contributed by atoms with Gasteiger partial charge in [-0.25, -0.2) is 17.7 Å². The van der Waals surface area contributed by atoms with Gasteiger partial charge in [-0.15, -0.1) is 0 Å². The first-order valence-electron chi connectivity index (χ1n) is 6.48. The van der Waals surface area contributed by atoms with Gasteiger partial charge in [0.15, 0.2) is 15.5 Å².